The van der Waals surface area contributed by atoms with E-state index in [1.807, 2.05) is 0 Å². The number of alkyl halides is 3. The zero-order valence-electron chi connectivity index (χ0n) is 14.3. The normalized spacial score (nSPS) is 15.3. The van der Waals surface area contributed by atoms with Crippen LogP contribution >= 0.6 is 0 Å². The van der Waals surface area contributed by atoms with Gasteiger partial charge in [-0.3, -0.25) is 10.1 Å². The first-order chi connectivity index (χ1) is 13.2. The molecule has 2 aliphatic heterocycles. The standard InChI is InChI=1S/C17H10F3N4O4.H2O/c18-17(19,20)28-11-7-5-10(6-8-11)22-16(25)15-9-14(24(26)27)12-3-1-2-4-13(12)23(15)21-22;/h1-9,25H;1H2. The summed E-state index contributed by atoms with van der Waals surface area (Å²) >= 11 is 0. The Labute approximate surface area is 160 Å². The van der Waals surface area contributed by atoms with Gasteiger partial charge in [-0.2, -0.15) is 0 Å². The van der Waals surface area contributed by atoms with Crippen molar-refractivity contribution < 1.29 is 33.4 Å². The van der Waals surface area contributed by atoms with Gasteiger partial charge in [-0.05, 0) is 41.9 Å². The van der Waals surface area contributed by atoms with Crippen LogP contribution in [-0.4, -0.2) is 21.9 Å². The fourth-order valence-corrected chi connectivity index (χ4v) is 2.88. The third-order valence-electron chi connectivity index (χ3n) is 4.03. The van der Waals surface area contributed by atoms with Crippen molar-refractivity contribution >= 4 is 17.1 Å². The molecular weight excluding hydrogens is 397 g/mol. The molecule has 2 aliphatic rings. The van der Waals surface area contributed by atoms with Gasteiger partial charge >= 0.3 is 6.36 Å². The van der Waals surface area contributed by atoms with E-state index < -0.39 is 22.9 Å². The molecule has 0 saturated heterocycles. The molecular formula is C17H12F3N4O5. The van der Waals surface area contributed by atoms with Crippen molar-refractivity contribution in [3.8, 4) is 5.75 Å². The summed E-state index contributed by atoms with van der Waals surface area (Å²) < 4.78 is 40.7. The molecule has 29 heavy (non-hydrogen) atoms. The SMILES string of the molecule is O.O=[N+]([O-])C1=CC2=C(O)N(c3ccc(OC(F)(F)F)cc3)[N]N2c2ccccc21. The molecule has 2 aromatic carbocycles. The van der Waals surface area contributed by atoms with E-state index in [1.165, 1.54) is 23.2 Å². The number of aliphatic hydroxyl groups is 1. The number of allylic oxidation sites excluding steroid dienone is 1. The summed E-state index contributed by atoms with van der Waals surface area (Å²) in [4.78, 5) is 10.8. The van der Waals surface area contributed by atoms with Gasteiger partial charge in [-0.25, -0.2) is 10.0 Å². The number of rotatable bonds is 3. The number of nitrogens with zero attached hydrogens (tertiary/aromatic N) is 4. The van der Waals surface area contributed by atoms with E-state index in [9.17, 15) is 28.4 Å². The predicted molar refractivity (Wildman–Crippen MR) is 94.9 cm³/mol. The second-order valence-electron chi connectivity index (χ2n) is 5.77. The Morgan fingerprint density at radius 3 is 2.34 bits per heavy atom. The Morgan fingerprint density at radius 1 is 1.07 bits per heavy atom. The topological polar surface area (TPSA) is 125 Å². The Hall–Kier alpha value is -3.77. The highest BCUT2D eigenvalue weighted by atomic mass is 19.4. The molecule has 12 heteroatoms. The van der Waals surface area contributed by atoms with E-state index in [2.05, 4.69) is 10.3 Å². The molecule has 0 amide bonds. The van der Waals surface area contributed by atoms with Crippen molar-refractivity contribution in [2.45, 2.75) is 6.36 Å². The number of hydrogen-bond acceptors (Lipinski definition) is 6. The Kier molecular flexibility index (Phi) is 4.82. The third kappa shape index (κ3) is 3.53. The number of aliphatic hydroxyl groups excluding tert-OH is 1. The lowest BCUT2D eigenvalue weighted by atomic mass is 10.0. The number of hydrogen-bond donors (Lipinski definition) is 1. The molecule has 0 saturated carbocycles. The van der Waals surface area contributed by atoms with Gasteiger partial charge in [0.1, 0.15) is 11.4 Å². The van der Waals surface area contributed by atoms with Crippen LogP contribution in [0.15, 0.2) is 66.2 Å². The van der Waals surface area contributed by atoms with E-state index in [0.717, 1.165) is 17.1 Å². The minimum Gasteiger partial charge on any atom is -0.492 e. The Morgan fingerprint density at radius 2 is 1.72 bits per heavy atom. The fraction of sp³-hybridized carbons (Fsp3) is 0.0588. The van der Waals surface area contributed by atoms with Crippen LogP contribution in [0.1, 0.15) is 5.56 Å². The van der Waals surface area contributed by atoms with Crippen LogP contribution in [0.25, 0.3) is 5.70 Å². The molecule has 0 fully saturated rings. The van der Waals surface area contributed by atoms with E-state index in [0.29, 0.717) is 11.3 Å². The minimum absolute atomic E-state index is 0. The largest absolute Gasteiger partial charge is 0.573 e. The third-order valence-corrected chi connectivity index (χ3v) is 4.03. The van der Waals surface area contributed by atoms with Gasteiger partial charge in [-0.15, -0.1) is 13.2 Å². The van der Waals surface area contributed by atoms with E-state index in [1.54, 1.807) is 24.3 Å². The molecule has 151 valence electrons. The Balaban J connectivity index is 0.00000240. The second-order valence-corrected chi connectivity index (χ2v) is 5.77. The number of para-hydroxylation sites is 1. The molecule has 0 unspecified atom stereocenters. The van der Waals surface area contributed by atoms with E-state index in [-0.39, 0.29) is 22.6 Å². The van der Waals surface area contributed by atoms with Crippen molar-refractivity contribution in [1.82, 2.24) is 5.53 Å². The summed E-state index contributed by atoms with van der Waals surface area (Å²) in [5.74, 6) is -0.834. The quantitative estimate of drug-likeness (QED) is 0.614. The van der Waals surface area contributed by atoms with Crippen LogP contribution in [0, 0.1) is 10.1 Å². The maximum absolute atomic E-state index is 12.3. The average molecular weight is 409 g/mol. The zero-order chi connectivity index (χ0) is 20.1. The molecule has 0 aromatic heterocycles. The zero-order valence-corrected chi connectivity index (χ0v) is 14.3. The van der Waals surface area contributed by atoms with Gasteiger partial charge in [0, 0.05) is 6.08 Å². The highest BCUT2D eigenvalue weighted by Crippen LogP contribution is 2.40. The molecule has 2 aromatic rings. The maximum atomic E-state index is 12.3. The van der Waals surface area contributed by atoms with Crippen LogP contribution < -0.4 is 20.3 Å². The summed E-state index contributed by atoms with van der Waals surface area (Å²) in [5, 5.41) is 24.3. The van der Waals surface area contributed by atoms with Gasteiger partial charge in [-0.1, -0.05) is 12.1 Å². The highest BCUT2D eigenvalue weighted by molar-refractivity contribution is 5.82. The molecule has 4 rings (SSSR count). The highest BCUT2D eigenvalue weighted by Gasteiger charge is 2.39. The molecule has 0 aliphatic carbocycles. The van der Waals surface area contributed by atoms with Crippen LogP contribution in [0.5, 0.6) is 5.75 Å². The van der Waals surface area contributed by atoms with Gasteiger partial charge < -0.3 is 15.3 Å². The van der Waals surface area contributed by atoms with Crippen LogP contribution in [0.4, 0.5) is 24.5 Å². The lowest BCUT2D eigenvalue weighted by Crippen LogP contribution is -2.36. The Bertz CT molecular complexity index is 1020. The second kappa shape index (κ2) is 7.00. The predicted octanol–water partition coefficient (Wildman–Crippen LogP) is 2.88. The minimum atomic E-state index is -4.82. The van der Waals surface area contributed by atoms with Crippen molar-refractivity contribution in [3.63, 3.8) is 0 Å². The van der Waals surface area contributed by atoms with Crippen LogP contribution in [0.3, 0.4) is 0 Å². The molecule has 0 spiro atoms. The summed E-state index contributed by atoms with van der Waals surface area (Å²) in [6, 6.07) is 11.1. The molecule has 0 atom stereocenters. The molecule has 0 bridgehead atoms. The van der Waals surface area contributed by atoms with Gasteiger partial charge in [0.05, 0.1) is 21.9 Å². The van der Waals surface area contributed by atoms with Gasteiger partial charge in [0.25, 0.3) is 5.70 Å². The molecule has 3 N–H and O–H groups in total. The summed E-state index contributed by atoms with van der Waals surface area (Å²) in [6.45, 7) is 0. The van der Waals surface area contributed by atoms with Crippen molar-refractivity contribution in [2.24, 2.45) is 0 Å². The first kappa shape index (κ1) is 20.0. The number of anilines is 2. The smallest absolute Gasteiger partial charge is 0.492 e. The summed E-state index contributed by atoms with van der Waals surface area (Å²) in [5.41, 5.74) is 5.02. The first-order valence-corrected chi connectivity index (χ1v) is 7.81. The van der Waals surface area contributed by atoms with Crippen LogP contribution in [0.2, 0.25) is 0 Å². The number of benzene rings is 2. The average Bonchev–Trinajstić information content (AvgIpc) is 2.97. The summed E-state index contributed by atoms with van der Waals surface area (Å²) in [6.07, 6.45) is -3.64. The van der Waals surface area contributed by atoms with Crippen molar-refractivity contribution in [2.75, 3.05) is 10.0 Å². The van der Waals surface area contributed by atoms with E-state index in [4.69, 9.17) is 0 Å². The van der Waals surface area contributed by atoms with Crippen molar-refractivity contribution in [3.05, 3.63) is 81.9 Å². The number of ether oxygens (including phenoxy) is 1. The van der Waals surface area contributed by atoms with Crippen molar-refractivity contribution in [1.29, 1.82) is 0 Å². The number of nitro groups is 1. The lowest BCUT2D eigenvalue weighted by Gasteiger charge is -2.24. The molecule has 1 radical (unpaired) electrons. The first-order valence-electron chi connectivity index (χ1n) is 7.81. The van der Waals surface area contributed by atoms with Gasteiger partial charge in [0.15, 0.2) is 0 Å². The molecule has 2 heterocycles. The molecule has 9 nitrogen and oxygen atoms in total. The summed E-state index contributed by atoms with van der Waals surface area (Å²) in [7, 11) is 0. The van der Waals surface area contributed by atoms with E-state index >= 15 is 0 Å². The monoisotopic (exact) mass is 409 g/mol. The fourth-order valence-electron chi connectivity index (χ4n) is 2.88. The number of fused-ring (bicyclic) bond motifs is 3. The van der Waals surface area contributed by atoms with Crippen LogP contribution in [-0.2, 0) is 0 Å². The van der Waals surface area contributed by atoms with Gasteiger partial charge in [0.2, 0.25) is 5.88 Å². The maximum Gasteiger partial charge on any atom is 0.573 e. The lowest BCUT2D eigenvalue weighted by molar-refractivity contribution is -0.375. The number of halogens is 3.